The number of rotatable bonds is 7. The zero-order chi connectivity index (χ0) is 22.7. The molecule has 0 radical (unpaired) electrons. The Bertz CT molecular complexity index is 841. The van der Waals surface area contributed by atoms with Gasteiger partial charge in [0.2, 0.25) is 5.91 Å². The number of hydrogen-bond acceptors (Lipinski definition) is 5. The van der Waals surface area contributed by atoms with Crippen LogP contribution in [0.4, 0.5) is 4.79 Å². The van der Waals surface area contributed by atoms with Crippen molar-refractivity contribution in [3.8, 4) is 5.75 Å². The number of fused-ring (bicyclic) bond motifs is 1. The van der Waals surface area contributed by atoms with Gasteiger partial charge in [0.25, 0.3) is 5.91 Å². The molecule has 174 valence electrons. The molecule has 8 nitrogen and oxygen atoms in total. The zero-order valence-electron chi connectivity index (χ0n) is 19.1. The van der Waals surface area contributed by atoms with Gasteiger partial charge >= 0.3 is 6.03 Å². The molecule has 4 rings (SSSR count). The first-order chi connectivity index (χ1) is 15.5. The molecule has 1 aromatic carbocycles. The third kappa shape index (κ3) is 4.90. The first kappa shape index (κ1) is 22.6. The molecule has 3 aliphatic heterocycles. The van der Waals surface area contributed by atoms with Gasteiger partial charge in [0, 0.05) is 19.6 Å². The minimum Gasteiger partial charge on any atom is -0.497 e. The summed E-state index contributed by atoms with van der Waals surface area (Å²) < 4.78 is 5.14. The van der Waals surface area contributed by atoms with Crippen molar-refractivity contribution in [1.82, 2.24) is 20.0 Å². The normalized spacial score (nSPS) is 25.9. The molecule has 3 aliphatic rings. The molecule has 3 heterocycles. The third-order valence-electron chi connectivity index (χ3n) is 7.15. The van der Waals surface area contributed by atoms with Gasteiger partial charge in [-0.1, -0.05) is 18.6 Å². The first-order valence-electron chi connectivity index (χ1n) is 11.7. The summed E-state index contributed by atoms with van der Waals surface area (Å²) in [6.07, 6.45) is 6.08. The summed E-state index contributed by atoms with van der Waals surface area (Å²) in [7, 11) is 3.41. The van der Waals surface area contributed by atoms with E-state index in [1.54, 1.807) is 24.1 Å². The van der Waals surface area contributed by atoms with Crippen molar-refractivity contribution in [3.05, 3.63) is 29.8 Å². The second kappa shape index (κ2) is 9.90. The number of imide groups is 1. The molecule has 0 unspecified atom stereocenters. The van der Waals surface area contributed by atoms with Crippen LogP contribution in [0.25, 0.3) is 0 Å². The smallest absolute Gasteiger partial charge is 0.325 e. The number of nitrogens with zero attached hydrogens (tertiary/aromatic N) is 3. The lowest BCUT2D eigenvalue weighted by molar-refractivity contribution is -0.135. The maximum absolute atomic E-state index is 12.9. The van der Waals surface area contributed by atoms with Gasteiger partial charge < -0.3 is 19.9 Å². The topological polar surface area (TPSA) is 82.2 Å². The van der Waals surface area contributed by atoms with Crippen molar-refractivity contribution in [3.63, 3.8) is 0 Å². The largest absolute Gasteiger partial charge is 0.497 e. The van der Waals surface area contributed by atoms with Crippen LogP contribution in [0.2, 0.25) is 0 Å². The zero-order valence-corrected chi connectivity index (χ0v) is 19.1. The summed E-state index contributed by atoms with van der Waals surface area (Å²) in [6.45, 7) is 3.23. The van der Waals surface area contributed by atoms with E-state index < -0.39 is 12.1 Å². The Morgan fingerprint density at radius 1 is 1.12 bits per heavy atom. The maximum Gasteiger partial charge on any atom is 0.325 e. The minimum absolute atomic E-state index is 0.00128. The van der Waals surface area contributed by atoms with E-state index in [0.717, 1.165) is 12.0 Å². The fraction of sp³-hybridized carbons (Fsp3) is 0.625. The Morgan fingerprint density at radius 2 is 1.88 bits per heavy atom. The maximum atomic E-state index is 12.9. The molecule has 0 aliphatic carbocycles. The number of benzene rings is 1. The van der Waals surface area contributed by atoms with Gasteiger partial charge in [0.05, 0.1) is 20.1 Å². The van der Waals surface area contributed by atoms with Crippen molar-refractivity contribution >= 4 is 17.8 Å². The van der Waals surface area contributed by atoms with Gasteiger partial charge in [0.15, 0.2) is 0 Å². The summed E-state index contributed by atoms with van der Waals surface area (Å²) in [6, 6.07) is 6.56. The van der Waals surface area contributed by atoms with Crippen LogP contribution < -0.4 is 10.1 Å². The van der Waals surface area contributed by atoms with E-state index in [0.29, 0.717) is 24.3 Å². The van der Waals surface area contributed by atoms with Crippen molar-refractivity contribution in [2.24, 2.45) is 5.92 Å². The van der Waals surface area contributed by atoms with Gasteiger partial charge in [-0.3, -0.25) is 14.5 Å². The number of ether oxygens (including phenoxy) is 1. The van der Waals surface area contributed by atoms with E-state index in [9.17, 15) is 14.4 Å². The lowest BCUT2D eigenvalue weighted by Gasteiger charge is -2.45. The van der Waals surface area contributed by atoms with E-state index in [2.05, 4.69) is 10.2 Å². The number of carbonyl (C=O) groups excluding carboxylic acids is 3. The summed E-state index contributed by atoms with van der Waals surface area (Å²) in [5, 5.41) is 2.69. The lowest BCUT2D eigenvalue weighted by Crippen LogP contribution is -2.51. The highest BCUT2D eigenvalue weighted by atomic mass is 16.5. The number of urea groups is 1. The molecule has 4 amide bonds. The molecule has 3 fully saturated rings. The number of carbonyl (C=O) groups is 3. The first-order valence-corrected chi connectivity index (χ1v) is 11.7. The second-order valence-electron chi connectivity index (χ2n) is 9.25. The number of hydrogen-bond donors (Lipinski definition) is 1. The molecular formula is C24H34N4O4. The summed E-state index contributed by atoms with van der Waals surface area (Å²) in [5.41, 5.74) is 0.827. The Morgan fingerprint density at radius 3 is 2.62 bits per heavy atom. The third-order valence-corrected chi connectivity index (χ3v) is 7.15. The number of nitrogens with one attached hydrogen (secondary N) is 1. The van der Waals surface area contributed by atoms with Crippen LogP contribution in [0.3, 0.4) is 0 Å². The molecule has 32 heavy (non-hydrogen) atoms. The average molecular weight is 443 g/mol. The highest BCUT2D eigenvalue weighted by Gasteiger charge is 2.40. The molecule has 0 spiro atoms. The number of methoxy groups -OCH3 is 1. The Labute approximate surface area is 189 Å². The number of piperidine rings is 2. The quantitative estimate of drug-likeness (QED) is 0.655. The predicted octanol–water partition coefficient (Wildman–Crippen LogP) is 2.23. The fourth-order valence-corrected chi connectivity index (χ4v) is 5.35. The summed E-state index contributed by atoms with van der Waals surface area (Å²) in [4.78, 5) is 43.6. The van der Waals surface area contributed by atoms with E-state index in [-0.39, 0.29) is 24.8 Å². The van der Waals surface area contributed by atoms with Crippen LogP contribution in [-0.2, 0) is 16.1 Å². The SMILES string of the molecule is COc1ccc(CN2C(=O)N[C@H](CC(=O)N(C)C[C@@H]3CCCN4CCCC[C@@H]34)C2=O)cc1. The molecule has 1 aromatic rings. The Kier molecular flexibility index (Phi) is 6.98. The Hall–Kier alpha value is -2.61. The van der Waals surface area contributed by atoms with Crippen molar-refractivity contribution < 1.29 is 19.1 Å². The number of amides is 4. The summed E-state index contributed by atoms with van der Waals surface area (Å²) >= 11 is 0. The van der Waals surface area contributed by atoms with Crippen LogP contribution in [0, 0.1) is 5.92 Å². The summed E-state index contributed by atoms with van der Waals surface area (Å²) in [5.74, 6) is 0.761. The molecular weight excluding hydrogens is 408 g/mol. The molecule has 0 saturated carbocycles. The fourth-order valence-electron chi connectivity index (χ4n) is 5.35. The van der Waals surface area contributed by atoms with E-state index in [1.807, 2.05) is 19.2 Å². The second-order valence-corrected chi connectivity index (χ2v) is 9.25. The monoisotopic (exact) mass is 442 g/mol. The van der Waals surface area contributed by atoms with Crippen molar-refractivity contribution in [2.75, 3.05) is 33.8 Å². The van der Waals surface area contributed by atoms with Crippen LogP contribution in [0.5, 0.6) is 5.75 Å². The minimum atomic E-state index is -0.798. The van der Waals surface area contributed by atoms with Crippen LogP contribution in [0.15, 0.2) is 24.3 Å². The van der Waals surface area contributed by atoms with Crippen molar-refractivity contribution in [2.45, 2.75) is 57.2 Å². The van der Waals surface area contributed by atoms with Crippen LogP contribution >= 0.6 is 0 Å². The van der Waals surface area contributed by atoms with Gasteiger partial charge in [-0.15, -0.1) is 0 Å². The standard InChI is InChI=1S/C24H34N4O4/c1-26(16-18-6-5-13-27-12-4-3-7-21(18)27)22(29)14-20-23(30)28(24(31)25-20)15-17-8-10-19(32-2)11-9-17/h8-11,18,20-21H,3-7,12-16H2,1-2H3,(H,25,31)/t18-,20+,21-/m0/s1. The van der Waals surface area contributed by atoms with Gasteiger partial charge in [-0.2, -0.15) is 0 Å². The van der Waals surface area contributed by atoms with Crippen LogP contribution in [0.1, 0.15) is 44.1 Å². The molecule has 0 aromatic heterocycles. The predicted molar refractivity (Wildman–Crippen MR) is 120 cm³/mol. The van der Waals surface area contributed by atoms with E-state index in [1.165, 1.54) is 43.7 Å². The molecule has 0 bridgehead atoms. The average Bonchev–Trinajstić information content (AvgIpc) is 3.07. The van der Waals surface area contributed by atoms with E-state index in [4.69, 9.17) is 4.74 Å². The van der Waals surface area contributed by atoms with Crippen molar-refractivity contribution in [1.29, 1.82) is 0 Å². The highest BCUT2D eigenvalue weighted by Crippen LogP contribution is 2.31. The molecule has 8 heteroatoms. The lowest BCUT2D eigenvalue weighted by atomic mass is 9.83. The Balaban J connectivity index is 1.31. The molecule has 3 saturated heterocycles. The van der Waals surface area contributed by atoms with Crippen LogP contribution in [-0.4, -0.2) is 78.4 Å². The van der Waals surface area contributed by atoms with Gasteiger partial charge in [0.1, 0.15) is 11.8 Å². The van der Waals surface area contributed by atoms with Gasteiger partial charge in [-0.25, -0.2) is 4.79 Å². The molecule has 1 N–H and O–H groups in total. The van der Waals surface area contributed by atoms with E-state index >= 15 is 0 Å². The highest BCUT2D eigenvalue weighted by molar-refractivity contribution is 6.05. The van der Waals surface area contributed by atoms with Gasteiger partial charge in [-0.05, 0) is 62.4 Å². The molecule has 3 atom stereocenters.